The van der Waals surface area contributed by atoms with Gasteiger partial charge in [-0.2, -0.15) is 0 Å². The number of nitrogens with zero attached hydrogens (tertiary/aromatic N) is 1. The molecule has 0 unspecified atom stereocenters. The van der Waals surface area contributed by atoms with Crippen molar-refractivity contribution in [3.8, 4) is 0 Å². The Hall–Kier alpha value is -1.32. The SMILES string of the molecule is CC(=O)c1ccc(N(C)Cc2ccccc2Cl)c(Br)c1. The second kappa shape index (κ2) is 6.42. The fourth-order valence-electron chi connectivity index (χ4n) is 2.00. The normalized spacial score (nSPS) is 10.4. The van der Waals surface area contributed by atoms with Gasteiger partial charge in [0, 0.05) is 28.7 Å². The molecule has 0 aliphatic carbocycles. The van der Waals surface area contributed by atoms with Crippen LogP contribution in [0, 0.1) is 0 Å². The smallest absolute Gasteiger partial charge is 0.159 e. The van der Waals surface area contributed by atoms with Crippen LogP contribution in [-0.4, -0.2) is 12.8 Å². The van der Waals surface area contributed by atoms with Crippen LogP contribution >= 0.6 is 27.5 Å². The summed E-state index contributed by atoms with van der Waals surface area (Å²) in [6.45, 7) is 2.27. The van der Waals surface area contributed by atoms with Crippen molar-refractivity contribution in [2.45, 2.75) is 13.5 Å². The van der Waals surface area contributed by atoms with Gasteiger partial charge in [-0.05, 0) is 52.7 Å². The number of anilines is 1. The molecular formula is C16H15BrClNO. The molecule has 0 atom stereocenters. The summed E-state index contributed by atoms with van der Waals surface area (Å²) in [5, 5.41) is 0.760. The van der Waals surface area contributed by atoms with Crippen molar-refractivity contribution in [3.63, 3.8) is 0 Å². The van der Waals surface area contributed by atoms with Gasteiger partial charge >= 0.3 is 0 Å². The largest absolute Gasteiger partial charge is 0.369 e. The lowest BCUT2D eigenvalue weighted by atomic mass is 10.1. The van der Waals surface area contributed by atoms with Gasteiger partial charge in [0.2, 0.25) is 0 Å². The fourth-order valence-corrected chi connectivity index (χ4v) is 2.88. The van der Waals surface area contributed by atoms with E-state index in [9.17, 15) is 4.79 Å². The number of benzene rings is 2. The van der Waals surface area contributed by atoms with Crippen LogP contribution in [0.1, 0.15) is 22.8 Å². The fraction of sp³-hybridized carbons (Fsp3) is 0.188. The Kier molecular flexibility index (Phi) is 4.84. The number of hydrogen-bond donors (Lipinski definition) is 0. The molecule has 0 N–H and O–H groups in total. The Morgan fingerprint density at radius 1 is 1.25 bits per heavy atom. The molecule has 0 bridgehead atoms. The molecule has 0 amide bonds. The monoisotopic (exact) mass is 351 g/mol. The Balaban J connectivity index is 2.23. The van der Waals surface area contributed by atoms with E-state index in [-0.39, 0.29) is 5.78 Å². The predicted molar refractivity (Wildman–Crippen MR) is 87.7 cm³/mol. The summed E-state index contributed by atoms with van der Waals surface area (Å²) in [7, 11) is 2.00. The van der Waals surface area contributed by atoms with Crippen LogP contribution in [0.15, 0.2) is 46.9 Å². The van der Waals surface area contributed by atoms with Crippen LogP contribution in [0.25, 0.3) is 0 Å². The third-order valence-corrected chi connectivity index (χ3v) is 4.13. The van der Waals surface area contributed by atoms with E-state index >= 15 is 0 Å². The minimum Gasteiger partial charge on any atom is -0.369 e. The average Bonchev–Trinajstić information content (AvgIpc) is 2.41. The molecule has 0 heterocycles. The van der Waals surface area contributed by atoms with Crippen molar-refractivity contribution in [2.75, 3.05) is 11.9 Å². The van der Waals surface area contributed by atoms with Crippen LogP contribution in [0.2, 0.25) is 5.02 Å². The van der Waals surface area contributed by atoms with E-state index in [1.54, 1.807) is 6.92 Å². The van der Waals surface area contributed by atoms with Gasteiger partial charge in [0.25, 0.3) is 0 Å². The number of rotatable bonds is 4. The molecule has 0 saturated heterocycles. The van der Waals surface area contributed by atoms with Gasteiger partial charge in [0.05, 0.1) is 5.69 Å². The van der Waals surface area contributed by atoms with E-state index in [1.807, 2.05) is 49.5 Å². The molecule has 0 aliphatic heterocycles. The molecule has 20 heavy (non-hydrogen) atoms. The molecule has 2 aromatic carbocycles. The maximum atomic E-state index is 11.4. The average molecular weight is 353 g/mol. The summed E-state index contributed by atoms with van der Waals surface area (Å²) in [6, 6.07) is 13.4. The highest BCUT2D eigenvalue weighted by Gasteiger charge is 2.10. The maximum absolute atomic E-state index is 11.4. The Bertz CT molecular complexity index is 642. The number of ketones is 1. The summed E-state index contributed by atoms with van der Waals surface area (Å²) in [5.41, 5.74) is 2.79. The molecule has 0 aliphatic rings. The molecule has 0 saturated carbocycles. The van der Waals surface area contributed by atoms with Gasteiger partial charge in [-0.3, -0.25) is 4.79 Å². The first-order valence-corrected chi connectivity index (χ1v) is 7.41. The van der Waals surface area contributed by atoms with Crippen molar-refractivity contribution in [1.82, 2.24) is 0 Å². The van der Waals surface area contributed by atoms with E-state index in [4.69, 9.17) is 11.6 Å². The van der Waals surface area contributed by atoms with Crippen molar-refractivity contribution in [3.05, 3.63) is 63.1 Å². The second-order valence-corrected chi connectivity index (χ2v) is 5.93. The summed E-state index contributed by atoms with van der Waals surface area (Å²) < 4.78 is 0.903. The van der Waals surface area contributed by atoms with Gasteiger partial charge in [0.15, 0.2) is 5.78 Å². The Morgan fingerprint density at radius 2 is 1.95 bits per heavy atom. The van der Waals surface area contributed by atoms with Gasteiger partial charge in [-0.15, -0.1) is 0 Å². The van der Waals surface area contributed by atoms with Crippen LogP contribution < -0.4 is 4.90 Å². The first kappa shape index (κ1) is 15.1. The van der Waals surface area contributed by atoms with Gasteiger partial charge in [-0.1, -0.05) is 29.8 Å². The lowest BCUT2D eigenvalue weighted by Gasteiger charge is -2.21. The third-order valence-electron chi connectivity index (χ3n) is 3.13. The van der Waals surface area contributed by atoms with E-state index in [0.29, 0.717) is 12.1 Å². The molecule has 4 heteroatoms. The van der Waals surface area contributed by atoms with Crippen molar-refractivity contribution in [2.24, 2.45) is 0 Å². The molecule has 0 radical (unpaired) electrons. The zero-order valence-corrected chi connectivity index (χ0v) is 13.7. The number of carbonyl (C=O) groups is 1. The summed E-state index contributed by atoms with van der Waals surface area (Å²) >= 11 is 9.70. The van der Waals surface area contributed by atoms with E-state index in [2.05, 4.69) is 20.8 Å². The van der Waals surface area contributed by atoms with Gasteiger partial charge < -0.3 is 4.90 Å². The van der Waals surface area contributed by atoms with E-state index < -0.39 is 0 Å². The molecule has 2 rings (SSSR count). The first-order chi connectivity index (χ1) is 9.49. The minimum atomic E-state index is 0.0611. The van der Waals surface area contributed by atoms with Crippen molar-refractivity contribution < 1.29 is 4.79 Å². The molecular weight excluding hydrogens is 338 g/mol. The number of carbonyl (C=O) groups excluding carboxylic acids is 1. The molecule has 104 valence electrons. The molecule has 0 fully saturated rings. The predicted octanol–water partition coefficient (Wildman–Crippen LogP) is 4.94. The van der Waals surface area contributed by atoms with Crippen LogP contribution in [-0.2, 0) is 6.54 Å². The zero-order valence-electron chi connectivity index (χ0n) is 11.4. The topological polar surface area (TPSA) is 20.3 Å². The number of Topliss-reactive ketones (excluding diaryl/α,β-unsaturated/α-hetero) is 1. The van der Waals surface area contributed by atoms with E-state index in [0.717, 1.165) is 20.7 Å². The molecule has 2 aromatic rings. The summed E-state index contributed by atoms with van der Waals surface area (Å²) in [6.07, 6.45) is 0. The molecule has 2 nitrogen and oxygen atoms in total. The third kappa shape index (κ3) is 3.41. The Labute approximate surface area is 132 Å². The van der Waals surface area contributed by atoms with Crippen LogP contribution in [0.3, 0.4) is 0 Å². The lowest BCUT2D eigenvalue weighted by Crippen LogP contribution is -2.17. The molecule has 0 aromatic heterocycles. The van der Waals surface area contributed by atoms with Gasteiger partial charge in [-0.25, -0.2) is 0 Å². The quantitative estimate of drug-likeness (QED) is 0.726. The highest BCUT2D eigenvalue weighted by molar-refractivity contribution is 9.10. The van der Waals surface area contributed by atoms with E-state index in [1.165, 1.54) is 0 Å². The van der Waals surface area contributed by atoms with Crippen LogP contribution in [0.4, 0.5) is 5.69 Å². The summed E-state index contributed by atoms with van der Waals surface area (Å²) in [5.74, 6) is 0.0611. The highest BCUT2D eigenvalue weighted by atomic mass is 79.9. The van der Waals surface area contributed by atoms with Crippen molar-refractivity contribution >= 4 is 39.0 Å². The van der Waals surface area contributed by atoms with Crippen molar-refractivity contribution in [1.29, 1.82) is 0 Å². The standard InChI is InChI=1S/C16H15BrClNO/c1-11(20)12-7-8-16(14(17)9-12)19(2)10-13-5-3-4-6-15(13)18/h3-9H,10H2,1-2H3. The zero-order chi connectivity index (χ0) is 14.7. The first-order valence-electron chi connectivity index (χ1n) is 6.24. The Morgan fingerprint density at radius 3 is 2.55 bits per heavy atom. The van der Waals surface area contributed by atoms with Crippen LogP contribution in [0.5, 0.6) is 0 Å². The summed E-state index contributed by atoms with van der Waals surface area (Å²) in [4.78, 5) is 13.5. The maximum Gasteiger partial charge on any atom is 0.159 e. The lowest BCUT2D eigenvalue weighted by molar-refractivity contribution is 0.101. The highest BCUT2D eigenvalue weighted by Crippen LogP contribution is 2.29. The molecule has 0 spiro atoms. The minimum absolute atomic E-state index is 0.0611. The second-order valence-electron chi connectivity index (χ2n) is 4.67. The number of halogens is 2. The van der Waals surface area contributed by atoms with Gasteiger partial charge in [0.1, 0.15) is 0 Å². The number of hydrogen-bond acceptors (Lipinski definition) is 2.